The fourth-order valence-electron chi connectivity index (χ4n) is 4.61. The molecule has 1 N–H and O–H groups in total. The molecule has 3 aromatic rings. The zero-order valence-electron chi connectivity index (χ0n) is 19.8. The number of likely N-dealkylation sites (tertiary alicyclic amines) is 1. The Kier molecular flexibility index (Phi) is 8.16. The van der Waals surface area contributed by atoms with E-state index in [1.807, 2.05) is 42.5 Å². The van der Waals surface area contributed by atoms with Crippen molar-refractivity contribution in [3.8, 4) is 11.1 Å². The quantitative estimate of drug-likeness (QED) is 0.464. The van der Waals surface area contributed by atoms with Gasteiger partial charge in [-0.15, -0.1) is 0 Å². The van der Waals surface area contributed by atoms with Crippen LogP contribution in [0, 0.1) is 0 Å². The van der Waals surface area contributed by atoms with Crippen LogP contribution < -0.4 is 0 Å². The lowest BCUT2D eigenvalue weighted by atomic mass is 10.0. The molecule has 0 unspecified atom stereocenters. The molecule has 5 nitrogen and oxygen atoms in total. The summed E-state index contributed by atoms with van der Waals surface area (Å²) >= 11 is 0. The lowest BCUT2D eigenvalue weighted by molar-refractivity contribution is 0.251. The molecule has 0 saturated carbocycles. The summed E-state index contributed by atoms with van der Waals surface area (Å²) in [5, 5.41) is 9.44. The summed E-state index contributed by atoms with van der Waals surface area (Å²) in [4.78, 5) is 2.79. The molecule has 0 radical (unpaired) electrons. The second-order valence-corrected chi connectivity index (χ2v) is 11.0. The minimum atomic E-state index is -3.72. The molecule has 0 aromatic heterocycles. The molecular weight excluding hydrogens is 444 g/mol. The average molecular weight is 479 g/mol. The molecule has 0 spiro atoms. The summed E-state index contributed by atoms with van der Waals surface area (Å²) in [6.07, 6.45) is 3.65. The first-order valence-corrected chi connectivity index (χ1v) is 13.5. The summed E-state index contributed by atoms with van der Waals surface area (Å²) in [7, 11) is -3.72. The number of benzene rings is 3. The van der Waals surface area contributed by atoms with E-state index in [4.69, 9.17) is 0 Å². The van der Waals surface area contributed by atoms with Crippen LogP contribution in [0.1, 0.15) is 30.9 Å². The maximum atomic E-state index is 13.2. The van der Waals surface area contributed by atoms with Crippen molar-refractivity contribution in [1.82, 2.24) is 9.21 Å². The second-order valence-electron chi connectivity index (χ2n) is 9.05. The minimum Gasteiger partial charge on any atom is -0.395 e. The third kappa shape index (κ3) is 5.94. The lowest BCUT2D eigenvalue weighted by Gasteiger charge is -2.21. The van der Waals surface area contributed by atoms with Gasteiger partial charge in [-0.2, -0.15) is 4.31 Å². The van der Waals surface area contributed by atoms with Crippen molar-refractivity contribution in [2.45, 2.75) is 43.7 Å². The van der Waals surface area contributed by atoms with E-state index in [0.29, 0.717) is 6.04 Å². The van der Waals surface area contributed by atoms with Gasteiger partial charge >= 0.3 is 0 Å². The van der Waals surface area contributed by atoms with E-state index in [1.54, 1.807) is 12.1 Å². The van der Waals surface area contributed by atoms with Gasteiger partial charge in [-0.3, -0.25) is 0 Å². The van der Waals surface area contributed by atoms with E-state index in [1.165, 1.54) is 29.3 Å². The van der Waals surface area contributed by atoms with Crippen molar-refractivity contribution in [2.24, 2.45) is 0 Å². The number of aliphatic hydroxyl groups is 1. The maximum Gasteiger partial charge on any atom is 0.243 e. The van der Waals surface area contributed by atoms with Crippen molar-refractivity contribution in [3.63, 3.8) is 0 Å². The van der Waals surface area contributed by atoms with Crippen molar-refractivity contribution in [3.05, 3.63) is 90.0 Å². The summed E-state index contributed by atoms with van der Waals surface area (Å²) in [5.41, 5.74) is 4.26. The highest BCUT2D eigenvalue weighted by Gasteiger charge is 2.24. The predicted octanol–water partition coefficient (Wildman–Crippen LogP) is 4.56. The van der Waals surface area contributed by atoms with Gasteiger partial charge in [0, 0.05) is 25.7 Å². The van der Waals surface area contributed by atoms with Gasteiger partial charge in [0.05, 0.1) is 11.5 Å². The fraction of sp³-hybridized carbons (Fsp3) is 0.357. The van der Waals surface area contributed by atoms with Crippen LogP contribution >= 0.6 is 0 Å². The number of sulfonamides is 1. The summed E-state index contributed by atoms with van der Waals surface area (Å²) in [5.74, 6) is 0. The first-order valence-electron chi connectivity index (χ1n) is 12.1. The van der Waals surface area contributed by atoms with Crippen LogP contribution in [0.5, 0.6) is 0 Å². The molecule has 0 bridgehead atoms. The van der Waals surface area contributed by atoms with Crippen LogP contribution in [0.25, 0.3) is 11.1 Å². The molecule has 34 heavy (non-hydrogen) atoms. The first-order chi connectivity index (χ1) is 16.5. The molecule has 3 aromatic carbocycles. The SMILES string of the molecule is C[C@@H]1CCCN1CCc1ccc(-c2ccc(S(=O)(=O)N(CCO)Cc3ccccc3)cc2)cc1. The van der Waals surface area contributed by atoms with E-state index in [0.717, 1.165) is 29.7 Å². The van der Waals surface area contributed by atoms with E-state index in [-0.39, 0.29) is 24.6 Å². The highest BCUT2D eigenvalue weighted by atomic mass is 32.2. The molecule has 4 rings (SSSR count). The monoisotopic (exact) mass is 478 g/mol. The minimum absolute atomic E-state index is 0.0522. The lowest BCUT2D eigenvalue weighted by Crippen LogP contribution is -2.33. The zero-order chi connectivity index (χ0) is 24.0. The molecule has 1 atom stereocenters. The smallest absolute Gasteiger partial charge is 0.243 e. The Balaban J connectivity index is 1.44. The number of hydrogen-bond donors (Lipinski definition) is 1. The molecule has 1 saturated heterocycles. The number of hydrogen-bond acceptors (Lipinski definition) is 4. The molecule has 6 heteroatoms. The fourth-order valence-corrected chi connectivity index (χ4v) is 6.03. The highest BCUT2D eigenvalue weighted by Crippen LogP contribution is 2.25. The molecule has 0 amide bonds. The van der Waals surface area contributed by atoms with Crippen molar-refractivity contribution in [1.29, 1.82) is 0 Å². The van der Waals surface area contributed by atoms with Crippen LogP contribution in [-0.2, 0) is 23.0 Å². The van der Waals surface area contributed by atoms with E-state index in [9.17, 15) is 13.5 Å². The van der Waals surface area contributed by atoms with Crippen LogP contribution in [0.15, 0.2) is 83.8 Å². The Morgan fingerprint density at radius 1 is 0.912 bits per heavy atom. The van der Waals surface area contributed by atoms with E-state index >= 15 is 0 Å². The third-order valence-electron chi connectivity index (χ3n) is 6.71. The molecule has 0 aliphatic carbocycles. The largest absolute Gasteiger partial charge is 0.395 e. The van der Waals surface area contributed by atoms with Gasteiger partial charge in [-0.1, -0.05) is 66.7 Å². The van der Waals surface area contributed by atoms with Gasteiger partial charge in [0.2, 0.25) is 10.0 Å². The Hall–Kier alpha value is -2.51. The van der Waals surface area contributed by atoms with Gasteiger partial charge in [0.1, 0.15) is 0 Å². The molecule has 1 heterocycles. The van der Waals surface area contributed by atoms with Crippen LogP contribution in [0.3, 0.4) is 0 Å². The normalized spacial score (nSPS) is 16.9. The summed E-state index contributed by atoms with van der Waals surface area (Å²) in [6.45, 7) is 4.66. The Morgan fingerprint density at radius 3 is 2.15 bits per heavy atom. The highest BCUT2D eigenvalue weighted by molar-refractivity contribution is 7.89. The molecular formula is C28H34N2O3S. The number of nitrogens with zero attached hydrogens (tertiary/aromatic N) is 2. The standard InChI is InChI=1S/C28H34N2O3S/c1-23-6-5-18-29(23)19-17-24-9-11-26(12-10-24)27-13-15-28(16-14-27)34(32,33)30(20-21-31)22-25-7-3-2-4-8-25/h2-4,7-16,23,31H,5-6,17-22H2,1H3/t23-/m1/s1. The van der Waals surface area contributed by atoms with Crippen LogP contribution in [0.2, 0.25) is 0 Å². The molecule has 1 aliphatic rings. The van der Waals surface area contributed by atoms with Gasteiger partial charge in [-0.25, -0.2) is 8.42 Å². The van der Waals surface area contributed by atoms with Gasteiger partial charge in [0.25, 0.3) is 0 Å². The van der Waals surface area contributed by atoms with Gasteiger partial charge < -0.3 is 10.0 Å². The Morgan fingerprint density at radius 2 is 1.56 bits per heavy atom. The van der Waals surface area contributed by atoms with Crippen molar-refractivity contribution in [2.75, 3.05) is 26.2 Å². The zero-order valence-corrected chi connectivity index (χ0v) is 20.6. The summed E-state index contributed by atoms with van der Waals surface area (Å²) < 4.78 is 27.8. The number of aliphatic hydroxyl groups excluding tert-OH is 1. The number of rotatable bonds is 10. The summed E-state index contributed by atoms with van der Waals surface area (Å²) in [6, 6.07) is 25.7. The van der Waals surface area contributed by atoms with E-state index in [2.05, 4.69) is 36.1 Å². The topological polar surface area (TPSA) is 60.9 Å². The Bertz CT molecular complexity index is 1150. The predicted molar refractivity (Wildman–Crippen MR) is 137 cm³/mol. The Labute approximate surface area is 203 Å². The van der Waals surface area contributed by atoms with Crippen LogP contribution in [-0.4, -0.2) is 55.0 Å². The average Bonchev–Trinajstić information content (AvgIpc) is 3.28. The van der Waals surface area contributed by atoms with E-state index < -0.39 is 10.0 Å². The first kappa shape index (κ1) is 24.6. The second kappa shape index (κ2) is 11.3. The van der Waals surface area contributed by atoms with Crippen LogP contribution in [0.4, 0.5) is 0 Å². The van der Waals surface area contributed by atoms with Crippen molar-refractivity contribution >= 4 is 10.0 Å². The maximum absolute atomic E-state index is 13.2. The molecule has 180 valence electrons. The molecule has 1 aliphatic heterocycles. The van der Waals surface area contributed by atoms with Gasteiger partial charge in [-0.05, 0) is 67.1 Å². The molecule has 1 fully saturated rings. The third-order valence-corrected chi connectivity index (χ3v) is 8.57. The van der Waals surface area contributed by atoms with Crippen molar-refractivity contribution < 1.29 is 13.5 Å². The van der Waals surface area contributed by atoms with Gasteiger partial charge in [0.15, 0.2) is 0 Å².